The van der Waals surface area contributed by atoms with Gasteiger partial charge in [-0.2, -0.15) is 0 Å². The summed E-state index contributed by atoms with van der Waals surface area (Å²) in [5, 5.41) is 3.15. The summed E-state index contributed by atoms with van der Waals surface area (Å²) in [7, 11) is 0. The van der Waals surface area contributed by atoms with Crippen LogP contribution in [0.5, 0.6) is 0 Å². The predicted octanol–water partition coefficient (Wildman–Crippen LogP) is 4.42. The van der Waals surface area contributed by atoms with Crippen molar-refractivity contribution in [3.05, 3.63) is 96.1 Å². The predicted molar refractivity (Wildman–Crippen MR) is 117 cm³/mol. The lowest BCUT2D eigenvalue weighted by molar-refractivity contribution is -0.121. The quantitative estimate of drug-likeness (QED) is 0.664. The number of benzene rings is 3. The van der Waals surface area contributed by atoms with Crippen molar-refractivity contribution in [2.75, 3.05) is 17.2 Å². The third-order valence-corrected chi connectivity index (χ3v) is 5.99. The molecule has 0 spiro atoms. The first-order valence-electron chi connectivity index (χ1n) is 9.64. The Balaban J connectivity index is 1.47. The lowest BCUT2D eigenvalue weighted by atomic mass is 9.98. The summed E-state index contributed by atoms with van der Waals surface area (Å²) in [4.78, 5) is 28.0. The first-order chi connectivity index (χ1) is 14.2. The zero-order valence-electron chi connectivity index (χ0n) is 16.0. The highest BCUT2D eigenvalue weighted by Crippen LogP contribution is 2.34. The highest BCUT2D eigenvalue weighted by molar-refractivity contribution is 8.00. The van der Waals surface area contributed by atoms with Crippen LogP contribution in [0.15, 0.2) is 89.8 Å². The van der Waals surface area contributed by atoms with Crippen LogP contribution in [0.2, 0.25) is 0 Å². The SMILES string of the molecule is O=C(CCN1C(=O)CSc2ccccc21)NC(c1ccccc1)c1ccccc1. The molecular weight excluding hydrogens is 380 g/mol. The number of para-hydroxylation sites is 1. The van der Waals surface area contributed by atoms with Crippen molar-refractivity contribution in [3.8, 4) is 0 Å². The molecule has 146 valence electrons. The van der Waals surface area contributed by atoms with Crippen LogP contribution >= 0.6 is 11.8 Å². The van der Waals surface area contributed by atoms with E-state index in [4.69, 9.17) is 0 Å². The Hall–Kier alpha value is -3.05. The third-order valence-electron chi connectivity index (χ3n) is 4.94. The normalized spacial score (nSPS) is 13.3. The van der Waals surface area contributed by atoms with E-state index in [-0.39, 0.29) is 24.3 Å². The topological polar surface area (TPSA) is 49.4 Å². The molecule has 0 bridgehead atoms. The van der Waals surface area contributed by atoms with Crippen molar-refractivity contribution >= 4 is 29.3 Å². The molecular formula is C24H22N2O2S. The fourth-order valence-electron chi connectivity index (χ4n) is 3.50. The average Bonchev–Trinajstić information content (AvgIpc) is 2.78. The fourth-order valence-corrected chi connectivity index (χ4v) is 4.43. The largest absolute Gasteiger partial charge is 0.345 e. The van der Waals surface area contributed by atoms with Gasteiger partial charge in [0.25, 0.3) is 0 Å². The minimum Gasteiger partial charge on any atom is -0.345 e. The number of rotatable bonds is 6. The Bertz CT molecular complexity index is 953. The van der Waals surface area contributed by atoms with Gasteiger partial charge in [-0.15, -0.1) is 11.8 Å². The molecule has 0 aromatic heterocycles. The van der Waals surface area contributed by atoms with Gasteiger partial charge in [0.05, 0.1) is 17.5 Å². The number of carbonyl (C=O) groups excluding carboxylic acids is 2. The van der Waals surface area contributed by atoms with Gasteiger partial charge in [0.1, 0.15) is 0 Å². The van der Waals surface area contributed by atoms with Crippen molar-refractivity contribution in [2.45, 2.75) is 17.4 Å². The number of hydrogen-bond donors (Lipinski definition) is 1. The zero-order valence-corrected chi connectivity index (χ0v) is 16.8. The van der Waals surface area contributed by atoms with Gasteiger partial charge in [-0.25, -0.2) is 0 Å². The molecule has 3 aromatic rings. The van der Waals surface area contributed by atoms with Crippen LogP contribution in [-0.4, -0.2) is 24.1 Å². The minimum absolute atomic E-state index is 0.0455. The molecule has 1 aliphatic heterocycles. The van der Waals surface area contributed by atoms with Crippen LogP contribution in [0.4, 0.5) is 5.69 Å². The van der Waals surface area contributed by atoms with Gasteiger partial charge in [0.2, 0.25) is 11.8 Å². The smallest absolute Gasteiger partial charge is 0.237 e. The number of nitrogens with zero attached hydrogens (tertiary/aromatic N) is 1. The number of thioether (sulfide) groups is 1. The van der Waals surface area contributed by atoms with Crippen molar-refractivity contribution < 1.29 is 9.59 Å². The van der Waals surface area contributed by atoms with Crippen molar-refractivity contribution in [1.29, 1.82) is 0 Å². The summed E-state index contributed by atoms with van der Waals surface area (Å²) in [6.07, 6.45) is 0.251. The van der Waals surface area contributed by atoms with E-state index in [9.17, 15) is 9.59 Å². The number of nitrogens with one attached hydrogen (secondary N) is 1. The molecule has 0 aliphatic carbocycles. The summed E-state index contributed by atoms with van der Waals surface area (Å²) in [5.41, 5.74) is 2.95. The lowest BCUT2D eigenvalue weighted by Gasteiger charge is -2.29. The molecule has 3 aromatic carbocycles. The Kier molecular flexibility index (Phi) is 5.96. The number of fused-ring (bicyclic) bond motifs is 1. The molecule has 0 atom stereocenters. The lowest BCUT2D eigenvalue weighted by Crippen LogP contribution is -2.39. The van der Waals surface area contributed by atoms with E-state index in [1.165, 1.54) is 0 Å². The highest BCUT2D eigenvalue weighted by atomic mass is 32.2. The van der Waals surface area contributed by atoms with Crippen LogP contribution in [0.25, 0.3) is 0 Å². The first-order valence-corrected chi connectivity index (χ1v) is 10.6. The van der Waals surface area contributed by atoms with Crippen molar-refractivity contribution in [3.63, 3.8) is 0 Å². The summed E-state index contributed by atoms with van der Waals surface area (Å²) in [6, 6.07) is 27.5. The van der Waals surface area contributed by atoms with Crippen LogP contribution < -0.4 is 10.2 Å². The molecule has 1 heterocycles. The summed E-state index contributed by atoms with van der Waals surface area (Å²) in [6.45, 7) is 0.374. The second-order valence-electron chi connectivity index (χ2n) is 6.87. The summed E-state index contributed by atoms with van der Waals surface area (Å²) in [5.74, 6) is 0.380. The van der Waals surface area contributed by atoms with Gasteiger partial charge in [-0.3, -0.25) is 9.59 Å². The van der Waals surface area contributed by atoms with Gasteiger partial charge in [0.15, 0.2) is 0 Å². The first kappa shape index (κ1) is 19.3. The van der Waals surface area contributed by atoms with E-state index in [2.05, 4.69) is 5.32 Å². The zero-order chi connectivity index (χ0) is 20.1. The maximum absolute atomic E-state index is 12.8. The molecule has 1 N–H and O–H groups in total. The Morgan fingerprint density at radius 2 is 1.48 bits per heavy atom. The van der Waals surface area contributed by atoms with Gasteiger partial charge < -0.3 is 10.2 Å². The molecule has 5 heteroatoms. The summed E-state index contributed by atoms with van der Waals surface area (Å²) >= 11 is 1.55. The number of amides is 2. The van der Waals surface area contributed by atoms with E-state index < -0.39 is 0 Å². The standard InChI is InChI=1S/C24H22N2O2S/c27-22(15-16-26-20-13-7-8-14-21(20)29-17-23(26)28)25-24(18-9-3-1-4-10-18)19-11-5-2-6-12-19/h1-14,24H,15-17H2,(H,25,27). The molecule has 0 radical (unpaired) electrons. The summed E-state index contributed by atoms with van der Waals surface area (Å²) < 4.78 is 0. The van der Waals surface area contributed by atoms with Crippen LogP contribution in [0.3, 0.4) is 0 Å². The second kappa shape index (κ2) is 8.97. The van der Waals surface area contributed by atoms with E-state index in [0.29, 0.717) is 12.3 Å². The van der Waals surface area contributed by atoms with E-state index >= 15 is 0 Å². The molecule has 2 amide bonds. The van der Waals surface area contributed by atoms with E-state index in [1.54, 1.807) is 16.7 Å². The van der Waals surface area contributed by atoms with Gasteiger partial charge in [-0.1, -0.05) is 72.8 Å². The maximum atomic E-state index is 12.8. The third kappa shape index (κ3) is 4.51. The molecule has 0 saturated heterocycles. The van der Waals surface area contributed by atoms with E-state index in [0.717, 1.165) is 21.7 Å². The Morgan fingerprint density at radius 1 is 0.897 bits per heavy atom. The highest BCUT2D eigenvalue weighted by Gasteiger charge is 2.25. The van der Waals surface area contributed by atoms with Crippen molar-refractivity contribution in [2.24, 2.45) is 0 Å². The Morgan fingerprint density at radius 3 is 2.14 bits per heavy atom. The minimum atomic E-state index is -0.218. The molecule has 29 heavy (non-hydrogen) atoms. The molecule has 0 saturated carbocycles. The molecule has 0 fully saturated rings. The average molecular weight is 403 g/mol. The molecule has 1 aliphatic rings. The van der Waals surface area contributed by atoms with Gasteiger partial charge >= 0.3 is 0 Å². The van der Waals surface area contributed by atoms with E-state index in [1.807, 2.05) is 84.9 Å². The van der Waals surface area contributed by atoms with Crippen molar-refractivity contribution in [1.82, 2.24) is 5.32 Å². The fraction of sp³-hybridized carbons (Fsp3) is 0.167. The number of carbonyl (C=O) groups is 2. The Labute approximate surface area is 174 Å². The number of hydrogen-bond acceptors (Lipinski definition) is 3. The van der Waals surface area contributed by atoms with Crippen LogP contribution in [0, 0.1) is 0 Å². The van der Waals surface area contributed by atoms with Gasteiger partial charge in [0, 0.05) is 17.9 Å². The molecule has 4 nitrogen and oxygen atoms in total. The molecule has 0 unspecified atom stereocenters. The molecule has 4 rings (SSSR count). The maximum Gasteiger partial charge on any atom is 0.237 e. The van der Waals surface area contributed by atoms with Crippen LogP contribution in [-0.2, 0) is 9.59 Å². The number of anilines is 1. The van der Waals surface area contributed by atoms with Crippen LogP contribution in [0.1, 0.15) is 23.6 Å². The monoisotopic (exact) mass is 402 g/mol. The van der Waals surface area contributed by atoms with Gasteiger partial charge in [-0.05, 0) is 23.3 Å². The second-order valence-corrected chi connectivity index (χ2v) is 7.89.